The number of benzene rings is 4. The van der Waals surface area contributed by atoms with Gasteiger partial charge < -0.3 is 9.13 Å². The molecule has 0 saturated heterocycles. The van der Waals surface area contributed by atoms with E-state index in [9.17, 15) is 0 Å². The topological polar surface area (TPSA) is 35.6 Å². The van der Waals surface area contributed by atoms with Crippen LogP contribution < -0.4 is 0 Å². The normalized spacial score (nSPS) is 10.8. The molecule has 4 aromatic carbocycles. The van der Waals surface area contributed by atoms with Crippen molar-refractivity contribution in [1.29, 1.82) is 0 Å². The molecule has 4 heteroatoms. The van der Waals surface area contributed by atoms with Crippen LogP contribution in [0.25, 0.3) is 22.5 Å². The Bertz CT molecular complexity index is 1440. The molecule has 0 saturated carbocycles. The molecule has 0 spiro atoms. The number of rotatable bonds is 6. The van der Waals surface area contributed by atoms with Crippen LogP contribution in [0.5, 0.6) is 0 Å². The number of hydrogen-bond acceptors (Lipinski definition) is 2. The lowest BCUT2D eigenvalue weighted by molar-refractivity contribution is 1.06. The van der Waals surface area contributed by atoms with E-state index in [2.05, 4.69) is 119 Å². The van der Waals surface area contributed by atoms with Gasteiger partial charge in [0.05, 0.1) is 12.7 Å². The van der Waals surface area contributed by atoms with E-state index in [1.165, 1.54) is 22.3 Å². The molecule has 0 fully saturated rings. The van der Waals surface area contributed by atoms with Crippen molar-refractivity contribution in [1.82, 2.24) is 19.1 Å². The van der Waals surface area contributed by atoms with Gasteiger partial charge in [-0.1, -0.05) is 84.9 Å². The van der Waals surface area contributed by atoms with Gasteiger partial charge in [-0.2, -0.15) is 0 Å². The Labute approximate surface area is 210 Å². The summed E-state index contributed by atoms with van der Waals surface area (Å²) in [7, 11) is 0. The van der Waals surface area contributed by atoms with E-state index in [1.807, 2.05) is 34.2 Å². The predicted molar refractivity (Wildman–Crippen MR) is 145 cm³/mol. The standard InChI is InChI=1S/C32H24N4/c1-3-7-25(8-4-1)31(26-9-5-2-6-10-26)32(27-11-15-29(16-12-27)35-21-19-33-23-35)28-13-17-30(18-14-28)36-22-20-34-24-36/h1-24H. The van der Waals surface area contributed by atoms with E-state index >= 15 is 0 Å². The van der Waals surface area contributed by atoms with Crippen LogP contribution >= 0.6 is 0 Å². The molecule has 6 rings (SSSR count). The van der Waals surface area contributed by atoms with Crippen LogP contribution in [-0.4, -0.2) is 19.1 Å². The maximum absolute atomic E-state index is 4.19. The Balaban J connectivity index is 1.57. The summed E-state index contributed by atoms with van der Waals surface area (Å²) in [5, 5.41) is 0. The van der Waals surface area contributed by atoms with Crippen molar-refractivity contribution in [3.63, 3.8) is 0 Å². The highest BCUT2D eigenvalue weighted by Gasteiger charge is 2.16. The van der Waals surface area contributed by atoms with Gasteiger partial charge in [-0.3, -0.25) is 0 Å². The molecule has 2 aromatic heterocycles. The van der Waals surface area contributed by atoms with Crippen molar-refractivity contribution < 1.29 is 0 Å². The summed E-state index contributed by atoms with van der Waals surface area (Å²) in [5.41, 5.74) is 9.18. The molecule has 0 radical (unpaired) electrons. The Morgan fingerprint density at radius 1 is 0.417 bits per heavy atom. The monoisotopic (exact) mass is 464 g/mol. The number of hydrogen-bond donors (Lipinski definition) is 0. The first-order valence-electron chi connectivity index (χ1n) is 11.9. The second-order valence-corrected chi connectivity index (χ2v) is 8.52. The number of aromatic nitrogens is 4. The summed E-state index contributed by atoms with van der Waals surface area (Å²) in [5.74, 6) is 0. The van der Waals surface area contributed by atoms with Gasteiger partial charge in [0, 0.05) is 36.2 Å². The van der Waals surface area contributed by atoms with E-state index in [0.717, 1.165) is 22.5 Å². The zero-order valence-corrected chi connectivity index (χ0v) is 19.6. The lowest BCUT2D eigenvalue weighted by Crippen LogP contribution is -1.99. The van der Waals surface area contributed by atoms with Crippen LogP contribution in [0.15, 0.2) is 147 Å². The molecule has 4 nitrogen and oxygen atoms in total. The maximum Gasteiger partial charge on any atom is 0.0991 e. The summed E-state index contributed by atoms with van der Waals surface area (Å²) in [6.45, 7) is 0. The average Bonchev–Trinajstić information content (AvgIpc) is 3.68. The van der Waals surface area contributed by atoms with Crippen molar-refractivity contribution in [2.45, 2.75) is 0 Å². The highest BCUT2D eigenvalue weighted by Crippen LogP contribution is 2.37. The molecule has 0 unspecified atom stereocenters. The zero-order valence-electron chi connectivity index (χ0n) is 19.6. The molecule has 0 amide bonds. The van der Waals surface area contributed by atoms with Gasteiger partial charge in [0.15, 0.2) is 0 Å². The SMILES string of the molecule is c1ccc(C(=C(c2ccc(-n3ccnc3)cc2)c2ccc(-n3ccnc3)cc2)c2ccccc2)cc1. The van der Waals surface area contributed by atoms with Crippen molar-refractivity contribution in [2.24, 2.45) is 0 Å². The van der Waals surface area contributed by atoms with E-state index in [4.69, 9.17) is 0 Å². The molecule has 0 aliphatic rings. The minimum atomic E-state index is 1.08. The molecule has 0 N–H and O–H groups in total. The van der Waals surface area contributed by atoms with Crippen LogP contribution in [0.2, 0.25) is 0 Å². The molecular weight excluding hydrogens is 440 g/mol. The Morgan fingerprint density at radius 2 is 0.778 bits per heavy atom. The first-order chi connectivity index (χ1) is 17.9. The van der Waals surface area contributed by atoms with Crippen LogP contribution in [0.1, 0.15) is 22.3 Å². The minimum Gasteiger partial charge on any atom is -0.306 e. The Hall–Kier alpha value is -4.96. The summed E-state index contributed by atoms with van der Waals surface area (Å²) < 4.78 is 4.03. The maximum atomic E-state index is 4.19. The molecule has 0 aliphatic carbocycles. The van der Waals surface area contributed by atoms with E-state index in [1.54, 1.807) is 12.4 Å². The van der Waals surface area contributed by atoms with Gasteiger partial charge in [0.25, 0.3) is 0 Å². The van der Waals surface area contributed by atoms with Crippen molar-refractivity contribution >= 4 is 11.1 Å². The molecular formula is C32H24N4. The first kappa shape index (κ1) is 21.6. The smallest absolute Gasteiger partial charge is 0.0991 e. The molecule has 6 aromatic rings. The van der Waals surface area contributed by atoms with E-state index in [-0.39, 0.29) is 0 Å². The third-order valence-electron chi connectivity index (χ3n) is 6.29. The second-order valence-electron chi connectivity index (χ2n) is 8.52. The molecule has 0 aliphatic heterocycles. The quantitative estimate of drug-likeness (QED) is 0.247. The fourth-order valence-corrected chi connectivity index (χ4v) is 4.54. The average molecular weight is 465 g/mol. The highest BCUT2D eigenvalue weighted by atomic mass is 15.0. The largest absolute Gasteiger partial charge is 0.306 e. The highest BCUT2D eigenvalue weighted by molar-refractivity contribution is 6.04. The third-order valence-corrected chi connectivity index (χ3v) is 6.29. The molecule has 0 bridgehead atoms. The first-order valence-corrected chi connectivity index (χ1v) is 11.9. The number of nitrogens with zero attached hydrogens (tertiary/aromatic N) is 4. The van der Waals surface area contributed by atoms with Crippen molar-refractivity contribution in [2.75, 3.05) is 0 Å². The molecule has 0 atom stereocenters. The fourth-order valence-electron chi connectivity index (χ4n) is 4.54. The van der Waals surface area contributed by atoms with Gasteiger partial charge in [-0.05, 0) is 57.7 Å². The summed E-state index contributed by atoms with van der Waals surface area (Å²) >= 11 is 0. The molecule has 2 heterocycles. The van der Waals surface area contributed by atoms with Crippen LogP contribution in [0.3, 0.4) is 0 Å². The van der Waals surface area contributed by atoms with Crippen LogP contribution in [0.4, 0.5) is 0 Å². The summed E-state index contributed by atoms with van der Waals surface area (Å²) in [6.07, 6.45) is 11.1. The predicted octanol–water partition coefficient (Wildman–Crippen LogP) is 7.07. The number of imidazole rings is 2. The van der Waals surface area contributed by atoms with Crippen molar-refractivity contribution in [3.8, 4) is 11.4 Å². The summed E-state index contributed by atoms with van der Waals surface area (Å²) in [4.78, 5) is 8.38. The zero-order chi connectivity index (χ0) is 24.2. The lowest BCUT2D eigenvalue weighted by Gasteiger charge is -2.19. The minimum absolute atomic E-state index is 1.08. The molecule has 172 valence electrons. The fraction of sp³-hybridized carbons (Fsp3) is 0. The van der Waals surface area contributed by atoms with Gasteiger partial charge >= 0.3 is 0 Å². The molecule has 36 heavy (non-hydrogen) atoms. The lowest BCUT2D eigenvalue weighted by atomic mass is 9.85. The van der Waals surface area contributed by atoms with Gasteiger partial charge in [-0.15, -0.1) is 0 Å². The van der Waals surface area contributed by atoms with Crippen LogP contribution in [0, 0.1) is 0 Å². The van der Waals surface area contributed by atoms with Gasteiger partial charge in [-0.25, -0.2) is 9.97 Å². The van der Waals surface area contributed by atoms with E-state index in [0.29, 0.717) is 0 Å². The van der Waals surface area contributed by atoms with Gasteiger partial charge in [0.2, 0.25) is 0 Å². The Kier molecular flexibility index (Phi) is 5.83. The Morgan fingerprint density at radius 3 is 1.11 bits per heavy atom. The van der Waals surface area contributed by atoms with Gasteiger partial charge in [0.1, 0.15) is 0 Å². The third kappa shape index (κ3) is 4.28. The van der Waals surface area contributed by atoms with Crippen molar-refractivity contribution in [3.05, 3.63) is 169 Å². The van der Waals surface area contributed by atoms with Crippen LogP contribution in [-0.2, 0) is 0 Å². The summed E-state index contributed by atoms with van der Waals surface area (Å²) in [6, 6.07) is 38.6. The second kappa shape index (κ2) is 9.72. The van der Waals surface area contributed by atoms with E-state index < -0.39 is 0 Å².